The third kappa shape index (κ3) is 9.57. The Bertz CT molecular complexity index is 974. The number of unbranched alkanes of at least 4 members (excludes halogenated alkanes) is 3. The number of hydrogen-bond donors (Lipinski definition) is 2. The predicted octanol–water partition coefficient (Wildman–Crippen LogP) is 6.71. The molecule has 0 aliphatic carbocycles. The minimum atomic E-state index is -0.109. The summed E-state index contributed by atoms with van der Waals surface area (Å²) in [7, 11) is 0. The van der Waals surface area contributed by atoms with Crippen molar-refractivity contribution in [2.45, 2.75) is 45.4 Å². The third-order valence-corrected chi connectivity index (χ3v) is 5.41. The monoisotopic (exact) mass is 460 g/mol. The molecule has 34 heavy (non-hydrogen) atoms. The van der Waals surface area contributed by atoms with Crippen molar-refractivity contribution in [3.05, 3.63) is 84.4 Å². The van der Waals surface area contributed by atoms with Crippen LogP contribution in [0.3, 0.4) is 0 Å². The number of ether oxygens (including phenoxy) is 2. The Hall–Kier alpha value is -3.47. The lowest BCUT2D eigenvalue weighted by molar-refractivity contribution is -0.114. The molecule has 0 heterocycles. The minimum Gasteiger partial charge on any atom is -0.494 e. The summed E-state index contributed by atoms with van der Waals surface area (Å²) >= 11 is 0. The molecule has 0 aliphatic heterocycles. The molecular weight excluding hydrogens is 424 g/mol. The van der Waals surface area contributed by atoms with Gasteiger partial charge in [-0.2, -0.15) is 0 Å². The quantitative estimate of drug-likeness (QED) is 0.248. The molecule has 1 amide bonds. The molecule has 0 radical (unpaired) electrons. The zero-order valence-corrected chi connectivity index (χ0v) is 20.1. The van der Waals surface area contributed by atoms with Gasteiger partial charge in [-0.3, -0.25) is 4.79 Å². The summed E-state index contributed by atoms with van der Waals surface area (Å²) in [6.45, 7) is 3.75. The maximum atomic E-state index is 12.3. The number of anilines is 2. The van der Waals surface area contributed by atoms with Crippen molar-refractivity contribution < 1.29 is 14.3 Å². The molecule has 0 bridgehead atoms. The average Bonchev–Trinajstić information content (AvgIpc) is 2.87. The first kappa shape index (κ1) is 25.2. The number of benzene rings is 3. The van der Waals surface area contributed by atoms with Crippen LogP contribution in [0.25, 0.3) is 0 Å². The molecule has 0 unspecified atom stereocenters. The molecule has 2 N–H and O–H groups in total. The summed E-state index contributed by atoms with van der Waals surface area (Å²) in [6, 6.07) is 25.6. The lowest BCUT2D eigenvalue weighted by atomic mass is 10.1. The summed E-state index contributed by atoms with van der Waals surface area (Å²) < 4.78 is 11.6. The van der Waals surface area contributed by atoms with Gasteiger partial charge in [-0.1, -0.05) is 62.6 Å². The van der Waals surface area contributed by atoms with E-state index >= 15 is 0 Å². The third-order valence-electron chi connectivity index (χ3n) is 5.41. The Morgan fingerprint density at radius 2 is 1.50 bits per heavy atom. The van der Waals surface area contributed by atoms with Crippen molar-refractivity contribution in [3.63, 3.8) is 0 Å². The zero-order chi connectivity index (χ0) is 23.8. The number of hydrogen-bond acceptors (Lipinski definition) is 4. The molecule has 5 heteroatoms. The van der Waals surface area contributed by atoms with Gasteiger partial charge in [-0.25, -0.2) is 0 Å². The highest BCUT2D eigenvalue weighted by Crippen LogP contribution is 2.19. The van der Waals surface area contributed by atoms with E-state index in [1.165, 1.54) is 24.8 Å². The Kier molecular flexibility index (Phi) is 10.8. The lowest BCUT2D eigenvalue weighted by Crippen LogP contribution is -2.21. The van der Waals surface area contributed by atoms with Crippen LogP contribution in [0.15, 0.2) is 78.9 Å². The van der Waals surface area contributed by atoms with E-state index in [1.807, 2.05) is 54.6 Å². The zero-order valence-electron chi connectivity index (χ0n) is 20.1. The number of carbonyl (C=O) groups excluding carboxylic acids is 1. The summed E-state index contributed by atoms with van der Waals surface area (Å²) in [6.07, 6.45) is 6.67. The van der Waals surface area contributed by atoms with Crippen LogP contribution in [0.2, 0.25) is 0 Å². The number of rotatable bonds is 15. The highest BCUT2D eigenvalue weighted by atomic mass is 16.5. The fourth-order valence-electron chi connectivity index (χ4n) is 3.55. The fraction of sp³-hybridized carbons (Fsp3) is 0.345. The molecule has 180 valence electrons. The molecule has 3 aromatic carbocycles. The standard InChI is InChI=1S/C29H36N2O3/c1-2-3-4-8-20-33-27-18-16-25(17-19-27)31-29(32)23-30-26-14-9-15-28(22-26)34-21-10-13-24-11-6-5-7-12-24/h5-7,9,11-12,14-19,22,30H,2-4,8,10,13,20-21,23H2,1H3,(H,31,32). The van der Waals surface area contributed by atoms with Crippen LogP contribution >= 0.6 is 0 Å². The van der Waals surface area contributed by atoms with Gasteiger partial charge >= 0.3 is 0 Å². The molecule has 0 fully saturated rings. The van der Waals surface area contributed by atoms with Crippen LogP contribution in [0.1, 0.15) is 44.6 Å². The van der Waals surface area contributed by atoms with Crippen molar-refractivity contribution in [2.24, 2.45) is 0 Å². The molecule has 3 rings (SSSR count). The number of aryl methyl sites for hydroxylation is 1. The van der Waals surface area contributed by atoms with Gasteiger partial charge in [0.15, 0.2) is 0 Å². The van der Waals surface area contributed by atoms with Gasteiger partial charge < -0.3 is 20.1 Å². The van der Waals surface area contributed by atoms with Crippen molar-refractivity contribution in [3.8, 4) is 11.5 Å². The van der Waals surface area contributed by atoms with Gasteiger partial charge in [0.2, 0.25) is 5.91 Å². The second-order valence-electron chi connectivity index (χ2n) is 8.30. The normalized spacial score (nSPS) is 10.5. The summed E-state index contributed by atoms with van der Waals surface area (Å²) in [5.74, 6) is 1.51. The molecular formula is C29H36N2O3. The van der Waals surface area contributed by atoms with E-state index in [4.69, 9.17) is 9.47 Å². The van der Waals surface area contributed by atoms with E-state index in [1.54, 1.807) is 0 Å². The largest absolute Gasteiger partial charge is 0.494 e. The van der Waals surface area contributed by atoms with Crippen LogP contribution < -0.4 is 20.1 Å². The molecule has 3 aromatic rings. The molecule has 0 aromatic heterocycles. The second-order valence-corrected chi connectivity index (χ2v) is 8.30. The minimum absolute atomic E-state index is 0.109. The Balaban J connectivity index is 1.35. The van der Waals surface area contributed by atoms with E-state index in [-0.39, 0.29) is 12.5 Å². The van der Waals surface area contributed by atoms with E-state index in [0.29, 0.717) is 6.61 Å². The first-order chi connectivity index (χ1) is 16.7. The van der Waals surface area contributed by atoms with Gasteiger partial charge in [0.25, 0.3) is 0 Å². The van der Waals surface area contributed by atoms with Gasteiger partial charge in [0, 0.05) is 17.4 Å². The van der Waals surface area contributed by atoms with Crippen LogP contribution in [0.4, 0.5) is 11.4 Å². The summed E-state index contributed by atoms with van der Waals surface area (Å²) in [5.41, 5.74) is 2.92. The maximum Gasteiger partial charge on any atom is 0.243 e. The fourth-order valence-corrected chi connectivity index (χ4v) is 3.55. The summed E-state index contributed by atoms with van der Waals surface area (Å²) in [5, 5.41) is 6.07. The van der Waals surface area contributed by atoms with Crippen molar-refractivity contribution >= 4 is 17.3 Å². The molecule has 5 nitrogen and oxygen atoms in total. The maximum absolute atomic E-state index is 12.3. The number of amides is 1. The first-order valence-electron chi connectivity index (χ1n) is 12.3. The van der Waals surface area contributed by atoms with Crippen molar-refractivity contribution in [1.82, 2.24) is 0 Å². The van der Waals surface area contributed by atoms with Crippen molar-refractivity contribution in [2.75, 3.05) is 30.4 Å². The van der Waals surface area contributed by atoms with Gasteiger partial charge in [0.1, 0.15) is 11.5 Å². The van der Waals surface area contributed by atoms with Crippen LogP contribution in [0.5, 0.6) is 11.5 Å². The van der Waals surface area contributed by atoms with E-state index < -0.39 is 0 Å². The molecule has 0 saturated heterocycles. The Morgan fingerprint density at radius 1 is 0.735 bits per heavy atom. The SMILES string of the molecule is CCCCCCOc1ccc(NC(=O)CNc2cccc(OCCCc3ccccc3)c2)cc1. The first-order valence-corrected chi connectivity index (χ1v) is 12.3. The van der Waals surface area contributed by atoms with Crippen LogP contribution in [-0.4, -0.2) is 25.7 Å². The Morgan fingerprint density at radius 3 is 2.29 bits per heavy atom. The van der Waals surface area contributed by atoms with E-state index in [9.17, 15) is 4.79 Å². The molecule has 0 spiro atoms. The second kappa shape index (κ2) is 14.6. The smallest absolute Gasteiger partial charge is 0.243 e. The number of carbonyl (C=O) groups is 1. The molecule has 0 aliphatic rings. The highest BCUT2D eigenvalue weighted by Gasteiger charge is 2.04. The lowest BCUT2D eigenvalue weighted by Gasteiger charge is -2.11. The highest BCUT2D eigenvalue weighted by molar-refractivity contribution is 5.93. The van der Waals surface area contributed by atoms with Crippen LogP contribution in [-0.2, 0) is 11.2 Å². The van der Waals surface area contributed by atoms with Crippen LogP contribution in [0, 0.1) is 0 Å². The van der Waals surface area contributed by atoms with Gasteiger partial charge in [-0.05, 0) is 61.2 Å². The summed E-state index contributed by atoms with van der Waals surface area (Å²) in [4.78, 5) is 12.3. The molecule has 0 atom stereocenters. The Labute approximate surface area is 203 Å². The van der Waals surface area contributed by atoms with Gasteiger partial charge in [0.05, 0.1) is 19.8 Å². The number of nitrogens with one attached hydrogen (secondary N) is 2. The van der Waals surface area contributed by atoms with Gasteiger partial charge in [-0.15, -0.1) is 0 Å². The predicted molar refractivity (Wildman–Crippen MR) is 140 cm³/mol. The van der Waals surface area contributed by atoms with E-state index in [0.717, 1.165) is 48.7 Å². The average molecular weight is 461 g/mol. The van der Waals surface area contributed by atoms with Crippen molar-refractivity contribution in [1.29, 1.82) is 0 Å². The molecule has 0 saturated carbocycles. The topological polar surface area (TPSA) is 59.6 Å². The van der Waals surface area contributed by atoms with E-state index in [2.05, 4.69) is 41.8 Å².